The summed E-state index contributed by atoms with van der Waals surface area (Å²) >= 11 is 0. The summed E-state index contributed by atoms with van der Waals surface area (Å²) in [5.74, 6) is 1.54. The number of nitrogens with zero attached hydrogens (tertiary/aromatic N) is 4. The number of hydrogen-bond acceptors (Lipinski definition) is 3. The topological polar surface area (TPSA) is 62.5 Å². The number of urea groups is 1. The molecule has 2 aromatic heterocycles. The fourth-order valence-corrected chi connectivity index (χ4v) is 4.24. The van der Waals surface area contributed by atoms with Gasteiger partial charge in [0.15, 0.2) is 11.5 Å². The fraction of sp³-hybridized carbons (Fsp3) is 0.632. The number of amides is 2. The van der Waals surface area contributed by atoms with Crippen molar-refractivity contribution in [3.8, 4) is 0 Å². The molecule has 2 amide bonds. The van der Waals surface area contributed by atoms with Crippen molar-refractivity contribution in [3.63, 3.8) is 0 Å². The first-order chi connectivity index (χ1) is 12.3. The number of rotatable bonds is 5. The lowest BCUT2D eigenvalue weighted by molar-refractivity contribution is 0.136. The summed E-state index contributed by atoms with van der Waals surface area (Å²) in [6.45, 7) is 3.02. The van der Waals surface area contributed by atoms with Crippen LogP contribution in [0.4, 0.5) is 4.79 Å². The second-order valence-corrected chi connectivity index (χ2v) is 7.37. The summed E-state index contributed by atoms with van der Waals surface area (Å²) < 4.78 is 1.98. The number of fused-ring (bicyclic) bond motifs is 1. The first kappa shape index (κ1) is 16.4. The third-order valence-corrected chi connectivity index (χ3v) is 5.78. The Balaban J connectivity index is 1.52. The fourth-order valence-electron chi connectivity index (χ4n) is 4.24. The predicted octanol–water partition coefficient (Wildman–Crippen LogP) is 3.54. The molecule has 2 atom stereocenters. The minimum absolute atomic E-state index is 0.0699. The van der Waals surface area contributed by atoms with Gasteiger partial charge in [-0.3, -0.25) is 4.40 Å². The third-order valence-electron chi connectivity index (χ3n) is 5.78. The molecule has 1 saturated carbocycles. The van der Waals surface area contributed by atoms with E-state index in [9.17, 15) is 4.79 Å². The van der Waals surface area contributed by atoms with E-state index in [1.165, 1.54) is 19.3 Å². The van der Waals surface area contributed by atoms with Crippen LogP contribution in [-0.4, -0.2) is 38.1 Å². The highest BCUT2D eigenvalue weighted by molar-refractivity contribution is 5.75. The number of pyridine rings is 1. The maximum Gasteiger partial charge on any atom is 0.318 e. The first-order valence-corrected chi connectivity index (χ1v) is 9.64. The highest BCUT2D eigenvalue weighted by Crippen LogP contribution is 2.37. The van der Waals surface area contributed by atoms with Gasteiger partial charge in [0.1, 0.15) is 0 Å². The normalized spacial score (nSPS) is 22.1. The smallest absolute Gasteiger partial charge is 0.318 e. The Morgan fingerprint density at radius 1 is 1.28 bits per heavy atom. The Bertz CT molecular complexity index is 738. The molecule has 2 aliphatic rings. The van der Waals surface area contributed by atoms with E-state index in [1.54, 1.807) is 0 Å². The Labute approximate surface area is 148 Å². The predicted molar refractivity (Wildman–Crippen MR) is 96.2 cm³/mol. The molecule has 0 aromatic carbocycles. The molecule has 1 aliphatic carbocycles. The molecule has 2 fully saturated rings. The van der Waals surface area contributed by atoms with Crippen LogP contribution in [-0.2, 0) is 0 Å². The van der Waals surface area contributed by atoms with E-state index in [2.05, 4.69) is 27.3 Å². The zero-order valence-electron chi connectivity index (χ0n) is 14.9. The zero-order valence-corrected chi connectivity index (χ0v) is 14.9. The maximum atomic E-state index is 13.0. The molecule has 0 spiro atoms. The number of carbonyl (C=O) groups excluding carboxylic acids is 1. The summed E-state index contributed by atoms with van der Waals surface area (Å²) in [5, 5.41) is 11.8. The number of aromatic nitrogens is 3. The van der Waals surface area contributed by atoms with Crippen LogP contribution in [0.2, 0.25) is 0 Å². The van der Waals surface area contributed by atoms with Gasteiger partial charge in [0.05, 0.1) is 6.04 Å². The molecule has 0 unspecified atom stereocenters. The van der Waals surface area contributed by atoms with Gasteiger partial charge in [0.25, 0.3) is 0 Å². The van der Waals surface area contributed by atoms with Crippen molar-refractivity contribution in [1.82, 2.24) is 24.8 Å². The SMILES string of the molecule is CCC[C@@H](NC(=O)N1CCC[C@@H]1C1CCC1)c1nnc2ccccn12. The van der Waals surface area contributed by atoms with Crippen LogP contribution in [0.1, 0.15) is 63.7 Å². The highest BCUT2D eigenvalue weighted by Gasteiger charge is 2.38. The molecule has 0 radical (unpaired) electrons. The van der Waals surface area contributed by atoms with Gasteiger partial charge in [-0.15, -0.1) is 10.2 Å². The van der Waals surface area contributed by atoms with Crippen molar-refractivity contribution >= 4 is 11.7 Å². The molecule has 2 aromatic rings. The number of carbonyl (C=O) groups is 1. The number of likely N-dealkylation sites (tertiary alicyclic amines) is 1. The summed E-state index contributed by atoms with van der Waals surface area (Å²) in [6, 6.07) is 6.27. The monoisotopic (exact) mass is 341 g/mol. The Hall–Kier alpha value is -2.11. The van der Waals surface area contributed by atoms with Gasteiger partial charge in [-0.2, -0.15) is 0 Å². The molecule has 1 N–H and O–H groups in total. The summed E-state index contributed by atoms with van der Waals surface area (Å²) in [7, 11) is 0. The van der Waals surface area contributed by atoms with Crippen LogP contribution in [0, 0.1) is 5.92 Å². The lowest BCUT2D eigenvalue weighted by atomic mass is 9.79. The molecule has 4 rings (SSSR count). The van der Waals surface area contributed by atoms with Crippen LogP contribution in [0.5, 0.6) is 0 Å². The van der Waals surface area contributed by atoms with E-state index in [-0.39, 0.29) is 12.1 Å². The lowest BCUT2D eigenvalue weighted by Crippen LogP contribution is -2.48. The van der Waals surface area contributed by atoms with Crippen LogP contribution >= 0.6 is 0 Å². The van der Waals surface area contributed by atoms with Crippen molar-refractivity contribution in [1.29, 1.82) is 0 Å². The quantitative estimate of drug-likeness (QED) is 0.905. The van der Waals surface area contributed by atoms with Crippen LogP contribution in [0.3, 0.4) is 0 Å². The molecule has 6 nitrogen and oxygen atoms in total. The first-order valence-electron chi connectivity index (χ1n) is 9.64. The van der Waals surface area contributed by atoms with Crippen LogP contribution < -0.4 is 5.32 Å². The average Bonchev–Trinajstić information content (AvgIpc) is 3.20. The number of hydrogen-bond donors (Lipinski definition) is 1. The second kappa shape index (κ2) is 7.02. The van der Waals surface area contributed by atoms with E-state index in [0.717, 1.165) is 43.7 Å². The Morgan fingerprint density at radius 2 is 2.16 bits per heavy atom. The van der Waals surface area contributed by atoms with Crippen LogP contribution in [0.15, 0.2) is 24.4 Å². The third kappa shape index (κ3) is 3.10. The standard InChI is InChI=1S/C19H27N5O/c1-2-7-15(18-22-21-17-11-3-4-12-24(17)18)20-19(25)23-13-6-10-16(23)14-8-5-9-14/h3-4,11-12,14-16H,2,5-10,13H2,1H3,(H,20,25)/t15-,16-/m1/s1. The Morgan fingerprint density at radius 3 is 2.92 bits per heavy atom. The van der Waals surface area contributed by atoms with E-state index in [4.69, 9.17) is 0 Å². The summed E-state index contributed by atoms with van der Waals surface area (Å²) in [6.07, 6.45) is 9.98. The van der Waals surface area contributed by atoms with Gasteiger partial charge >= 0.3 is 6.03 Å². The minimum Gasteiger partial charge on any atom is -0.328 e. The second-order valence-electron chi connectivity index (χ2n) is 7.37. The molecule has 25 heavy (non-hydrogen) atoms. The lowest BCUT2D eigenvalue weighted by Gasteiger charge is -2.37. The van der Waals surface area contributed by atoms with Gasteiger partial charge in [-0.05, 0) is 50.2 Å². The highest BCUT2D eigenvalue weighted by atomic mass is 16.2. The van der Waals surface area contributed by atoms with Gasteiger partial charge in [-0.1, -0.05) is 25.8 Å². The van der Waals surface area contributed by atoms with Crippen LogP contribution in [0.25, 0.3) is 5.65 Å². The van der Waals surface area contributed by atoms with Gasteiger partial charge < -0.3 is 10.2 Å². The molecule has 6 heteroatoms. The van der Waals surface area contributed by atoms with Crippen molar-refractivity contribution < 1.29 is 4.79 Å². The van der Waals surface area contributed by atoms with Crippen molar-refractivity contribution in [3.05, 3.63) is 30.2 Å². The van der Waals surface area contributed by atoms with Crippen molar-refractivity contribution in [2.24, 2.45) is 5.92 Å². The van der Waals surface area contributed by atoms with Crippen molar-refractivity contribution in [2.45, 2.75) is 64.0 Å². The van der Waals surface area contributed by atoms with Gasteiger partial charge in [-0.25, -0.2) is 4.79 Å². The zero-order chi connectivity index (χ0) is 17.2. The largest absolute Gasteiger partial charge is 0.328 e. The van der Waals surface area contributed by atoms with E-state index >= 15 is 0 Å². The molecule has 1 saturated heterocycles. The van der Waals surface area contributed by atoms with E-state index in [1.807, 2.05) is 28.8 Å². The maximum absolute atomic E-state index is 13.0. The molecular weight excluding hydrogens is 314 g/mol. The molecular formula is C19H27N5O. The van der Waals surface area contributed by atoms with Crippen molar-refractivity contribution in [2.75, 3.05) is 6.54 Å². The molecule has 0 bridgehead atoms. The minimum atomic E-state index is -0.0995. The van der Waals surface area contributed by atoms with Gasteiger partial charge in [0, 0.05) is 18.8 Å². The molecule has 1 aliphatic heterocycles. The average molecular weight is 341 g/mol. The van der Waals surface area contributed by atoms with E-state index < -0.39 is 0 Å². The number of nitrogens with one attached hydrogen (secondary N) is 1. The summed E-state index contributed by atoms with van der Waals surface area (Å²) in [5.41, 5.74) is 0.821. The molecule has 134 valence electrons. The summed E-state index contributed by atoms with van der Waals surface area (Å²) in [4.78, 5) is 15.1. The Kier molecular flexibility index (Phi) is 4.59. The van der Waals surface area contributed by atoms with E-state index in [0.29, 0.717) is 12.0 Å². The molecule has 3 heterocycles. The van der Waals surface area contributed by atoms with Gasteiger partial charge in [0.2, 0.25) is 0 Å².